The third-order valence-corrected chi connectivity index (χ3v) is 2.70. The molecule has 5 nitrogen and oxygen atoms in total. The molecule has 0 aliphatic rings. The minimum absolute atomic E-state index is 0.0333. The number of hydrogen-bond donors (Lipinski definition) is 1. The SMILES string of the molecule is CC(O)c1ccc(Oc2ccc(F)cc2)c([N+](=O)[O-])c1. The van der Waals surface area contributed by atoms with Crippen LogP contribution in [0.3, 0.4) is 0 Å². The van der Waals surface area contributed by atoms with Crippen molar-refractivity contribution in [1.29, 1.82) is 0 Å². The third-order valence-electron chi connectivity index (χ3n) is 2.70. The lowest BCUT2D eigenvalue weighted by atomic mass is 10.1. The number of halogens is 1. The lowest BCUT2D eigenvalue weighted by molar-refractivity contribution is -0.385. The van der Waals surface area contributed by atoms with Crippen LogP contribution in [0.5, 0.6) is 11.5 Å². The maximum Gasteiger partial charge on any atom is 0.311 e. The number of nitro groups is 1. The van der Waals surface area contributed by atoms with Crippen LogP contribution in [0, 0.1) is 15.9 Å². The molecule has 1 N–H and O–H groups in total. The van der Waals surface area contributed by atoms with E-state index in [0.717, 1.165) is 0 Å². The standard InChI is InChI=1S/C14H12FNO4/c1-9(17)10-2-7-14(13(8-10)16(18)19)20-12-5-3-11(15)4-6-12/h2-9,17H,1H3. The molecule has 0 aliphatic carbocycles. The van der Waals surface area contributed by atoms with E-state index in [1.807, 2.05) is 0 Å². The molecule has 2 aromatic rings. The van der Waals surface area contributed by atoms with Gasteiger partial charge in [-0.1, -0.05) is 6.07 Å². The summed E-state index contributed by atoms with van der Waals surface area (Å²) in [5.41, 5.74) is 0.163. The van der Waals surface area contributed by atoms with E-state index in [1.165, 1.54) is 49.4 Å². The zero-order valence-corrected chi connectivity index (χ0v) is 10.6. The third kappa shape index (κ3) is 3.10. The minimum atomic E-state index is -0.812. The van der Waals surface area contributed by atoms with Gasteiger partial charge in [0.2, 0.25) is 5.75 Å². The Hall–Kier alpha value is -2.47. The Morgan fingerprint density at radius 2 is 1.90 bits per heavy atom. The average molecular weight is 277 g/mol. The van der Waals surface area contributed by atoms with Crippen LogP contribution >= 0.6 is 0 Å². The van der Waals surface area contributed by atoms with Crippen LogP contribution in [0.1, 0.15) is 18.6 Å². The predicted octanol–water partition coefficient (Wildman–Crippen LogP) is 3.58. The van der Waals surface area contributed by atoms with Crippen LogP contribution in [-0.4, -0.2) is 10.0 Å². The number of rotatable bonds is 4. The van der Waals surface area contributed by atoms with E-state index >= 15 is 0 Å². The number of nitro benzene ring substituents is 1. The van der Waals surface area contributed by atoms with Gasteiger partial charge in [0.1, 0.15) is 11.6 Å². The second-order valence-electron chi connectivity index (χ2n) is 4.22. The molecule has 0 bridgehead atoms. The van der Waals surface area contributed by atoms with Crippen molar-refractivity contribution in [3.63, 3.8) is 0 Å². The lowest BCUT2D eigenvalue weighted by Crippen LogP contribution is -1.97. The van der Waals surface area contributed by atoms with E-state index in [9.17, 15) is 19.6 Å². The van der Waals surface area contributed by atoms with Crippen LogP contribution in [0.15, 0.2) is 42.5 Å². The summed E-state index contributed by atoms with van der Waals surface area (Å²) in [5, 5.41) is 20.5. The molecule has 0 amide bonds. The van der Waals surface area contributed by atoms with Crippen LogP contribution in [0.4, 0.5) is 10.1 Å². The Morgan fingerprint density at radius 3 is 2.45 bits per heavy atom. The number of aliphatic hydroxyl groups excluding tert-OH is 1. The maximum absolute atomic E-state index is 12.8. The Labute approximate surface area is 114 Å². The van der Waals surface area contributed by atoms with Gasteiger partial charge in [0.05, 0.1) is 11.0 Å². The van der Waals surface area contributed by atoms with Crippen LogP contribution in [0.2, 0.25) is 0 Å². The zero-order chi connectivity index (χ0) is 14.7. The Bertz CT molecular complexity index is 626. The molecule has 1 unspecified atom stereocenters. The second-order valence-corrected chi connectivity index (χ2v) is 4.22. The van der Waals surface area contributed by atoms with Gasteiger partial charge in [-0.3, -0.25) is 10.1 Å². The second kappa shape index (κ2) is 5.66. The molecule has 0 fully saturated rings. The van der Waals surface area contributed by atoms with Crippen molar-refractivity contribution in [2.75, 3.05) is 0 Å². The Kier molecular flexibility index (Phi) is 3.95. The topological polar surface area (TPSA) is 72.6 Å². The number of nitrogens with zero attached hydrogens (tertiary/aromatic N) is 1. The van der Waals surface area contributed by atoms with Crippen molar-refractivity contribution in [3.8, 4) is 11.5 Å². The minimum Gasteiger partial charge on any atom is -0.450 e. The van der Waals surface area contributed by atoms with Gasteiger partial charge >= 0.3 is 5.69 Å². The molecule has 2 rings (SSSR count). The van der Waals surface area contributed by atoms with Gasteiger partial charge in [-0.2, -0.15) is 0 Å². The summed E-state index contributed by atoms with van der Waals surface area (Å²) < 4.78 is 18.2. The molecular formula is C14H12FNO4. The van der Waals surface area contributed by atoms with Gasteiger partial charge in [-0.05, 0) is 42.8 Å². The molecule has 6 heteroatoms. The van der Waals surface area contributed by atoms with Crippen molar-refractivity contribution in [2.45, 2.75) is 13.0 Å². The van der Waals surface area contributed by atoms with Crippen molar-refractivity contribution in [2.24, 2.45) is 0 Å². The number of benzene rings is 2. The molecule has 0 spiro atoms. The highest BCUT2D eigenvalue weighted by atomic mass is 19.1. The van der Waals surface area contributed by atoms with Crippen molar-refractivity contribution in [3.05, 3.63) is 64.0 Å². The van der Waals surface area contributed by atoms with E-state index < -0.39 is 16.8 Å². The number of hydrogen-bond acceptors (Lipinski definition) is 4. The Morgan fingerprint density at radius 1 is 1.25 bits per heavy atom. The predicted molar refractivity (Wildman–Crippen MR) is 70.2 cm³/mol. The highest BCUT2D eigenvalue weighted by Gasteiger charge is 2.18. The maximum atomic E-state index is 12.8. The highest BCUT2D eigenvalue weighted by Crippen LogP contribution is 2.33. The fourth-order valence-corrected chi connectivity index (χ4v) is 1.65. The smallest absolute Gasteiger partial charge is 0.311 e. The van der Waals surface area contributed by atoms with E-state index in [4.69, 9.17) is 4.74 Å². The van der Waals surface area contributed by atoms with Crippen molar-refractivity contribution < 1.29 is 19.2 Å². The average Bonchev–Trinajstić information content (AvgIpc) is 2.41. The molecule has 0 heterocycles. The lowest BCUT2D eigenvalue weighted by Gasteiger charge is -2.09. The fraction of sp³-hybridized carbons (Fsp3) is 0.143. The quantitative estimate of drug-likeness (QED) is 0.684. The van der Waals surface area contributed by atoms with Crippen LogP contribution < -0.4 is 4.74 Å². The Balaban J connectivity index is 2.35. The summed E-state index contributed by atoms with van der Waals surface area (Å²) >= 11 is 0. The first kappa shape index (κ1) is 14.0. The molecule has 0 radical (unpaired) electrons. The van der Waals surface area contributed by atoms with Crippen LogP contribution in [0.25, 0.3) is 0 Å². The normalized spacial score (nSPS) is 11.9. The number of ether oxygens (including phenoxy) is 1. The summed E-state index contributed by atoms with van der Waals surface area (Å²) in [6, 6.07) is 9.35. The van der Waals surface area contributed by atoms with Gasteiger partial charge in [-0.15, -0.1) is 0 Å². The highest BCUT2D eigenvalue weighted by molar-refractivity contribution is 5.51. The van der Waals surface area contributed by atoms with Crippen molar-refractivity contribution >= 4 is 5.69 Å². The first-order valence-corrected chi connectivity index (χ1v) is 5.87. The molecule has 0 aliphatic heterocycles. The molecule has 2 aromatic carbocycles. The summed E-state index contributed by atoms with van der Waals surface area (Å²) in [6.45, 7) is 1.51. The monoisotopic (exact) mass is 277 g/mol. The molecule has 0 saturated heterocycles. The largest absolute Gasteiger partial charge is 0.450 e. The van der Waals surface area contributed by atoms with E-state index in [0.29, 0.717) is 11.3 Å². The summed E-state index contributed by atoms with van der Waals surface area (Å²) in [7, 11) is 0. The van der Waals surface area contributed by atoms with E-state index in [1.54, 1.807) is 0 Å². The summed E-state index contributed by atoms with van der Waals surface area (Å²) in [6.07, 6.45) is -0.812. The van der Waals surface area contributed by atoms with Gasteiger partial charge in [-0.25, -0.2) is 4.39 Å². The molecule has 1 atom stereocenters. The van der Waals surface area contributed by atoms with Gasteiger partial charge in [0.25, 0.3) is 0 Å². The molecule has 0 saturated carbocycles. The van der Waals surface area contributed by atoms with E-state index in [2.05, 4.69) is 0 Å². The number of aliphatic hydroxyl groups is 1. The summed E-state index contributed by atoms with van der Waals surface area (Å²) in [4.78, 5) is 10.4. The van der Waals surface area contributed by atoms with Crippen molar-refractivity contribution in [1.82, 2.24) is 0 Å². The van der Waals surface area contributed by atoms with Gasteiger partial charge in [0.15, 0.2) is 0 Å². The molecule has 0 aromatic heterocycles. The molecule has 20 heavy (non-hydrogen) atoms. The van der Waals surface area contributed by atoms with E-state index in [-0.39, 0.29) is 11.4 Å². The first-order chi connectivity index (χ1) is 9.47. The van der Waals surface area contributed by atoms with Gasteiger partial charge in [0, 0.05) is 6.07 Å². The van der Waals surface area contributed by atoms with Gasteiger partial charge < -0.3 is 9.84 Å². The summed E-state index contributed by atoms with van der Waals surface area (Å²) in [5.74, 6) is -0.0957. The fourth-order valence-electron chi connectivity index (χ4n) is 1.65. The van der Waals surface area contributed by atoms with Crippen LogP contribution in [-0.2, 0) is 0 Å². The molecular weight excluding hydrogens is 265 g/mol. The zero-order valence-electron chi connectivity index (χ0n) is 10.6. The molecule has 104 valence electrons. The first-order valence-electron chi connectivity index (χ1n) is 5.87.